The van der Waals surface area contributed by atoms with Crippen molar-refractivity contribution >= 4 is 46.1 Å². The summed E-state index contributed by atoms with van der Waals surface area (Å²) < 4.78 is 0. The average Bonchev–Trinajstić information content (AvgIpc) is 2.78. The van der Waals surface area contributed by atoms with Gasteiger partial charge in [0.15, 0.2) is 5.78 Å². The fourth-order valence-corrected chi connectivity index (χ4v) is 3.23. The van der Waals surface area contributed by atoms with Crippen molar-refractivity contribution in [3.8, 4) is 0 Å². The van der Waals surface area contributed by atoms with Gasteiger partial charge in [0, 0.05) is 5.56 Å². The van der Waals surface area contributed by atoms with E-state index in [9.17, 15) is 9.59 Å². The van der Waals surface area contributed by atoms with Crippen LogP contribution in [0.4, 0.5) is 0 Å². The summed E-state index contributed by atoms with van der Waals surface area (Å²) in [6, 6.07) is 4.71. The van der Waals surface area contributed by atoms with E-state index in [4.69, 9.17) is 23.2 Å². The summed E-state index contributed by atoms with van der Waals surface area (Å²) in [5, 5.41) is 2.25. The van der Waals surface area contributed by atoms with E-state index in [0.29, 0.717) is 10.4 Å². The summed E-state index contributed by atoms with van der Waals surface area (Å²) in [7, 11) is 0. The normalized spacial score (nSPS) is 13.5. The Balaban J connectivity index is 2.42. The topological polar surface area (TPSA) is 34.1 Å². The fourth-order valence-electron chi connectivity index (χ4n) is 1.91. The molecular formula is C12H4Cl2O2S. The molecule has 3 rings (SSSR count). The van der Waals surface area contributed by atoms with Gasteiger partial charge in [-0.2, -0.15) is 0 Å². The van der Waals surface area contributed by atoms with Crippen molar-refractivity contribution in [1.29, 1.82) is 0 Å². The molecule has 0 saturated carbocycles. The second kappa shape index (κ2) is 3.67. The minimum absolute atomic E-state index is 0.218. The molecule has 0 unspecified atom stereocenters. The van der Waals surface area contributed by atoms with Gasteiger partial charge in [0.2, 0.25) is 5.78 Å². The number of carbonyl (C=O) groups is 2. The molecule has 0 bridgehead atoms. The molecule has 0 radical (unpaired) electrons. The van der Waals surface area contributed by atoms with E-state index in [0.717, 1.165) is 0 Å². The Bertz CT molecular complexity index is 618. The molecule has 5 heteroatoms. The number of rotatable bonds is 0. The third-order valence-electron chi connectivity index (χ3n) is 2.67. The lowest BCUT2D eigenvalue weighted by Gasteiger charge is -2.16. The van der Waals surface area contributed by atoms with Crippen molar-refractivity contribution in [2.24, 2.45) is 0 Å². The first kappa shape index (κ1) is 11.0. The summed E-state index contributed by atoms with van der Waals surface area (Å²) in [4.78, 5) is 24.8. The van der Waals surface area contributed by atoms with Crippen LogP contribution < -0.4 is 0 Å². The van der Waals surface area contributed by atoms with Crippen molar-refractivity contribution in [3.63, 3.8) is 0 Å². The molecule has 2 nitrogen and oxygen atoms in total. The third kappa shape index (κ3) is 1.40. The maximum Gasteiger partial charge on any atom is 0.205 e. The zero-order chi connectivity index (χ0) is 12.2. The van der Waals surface area contributed by atoms with Crippen LogP contribution in [0.5, 0.6) is 0 Å². The summed E-state index contributed by atoms with van der Waals surface area (Å²) in [5.74, 6) is -0.458. The molecule has 0 atom stereocenters. The molecule has 0 fully saturated rings. The Morgan fingerprint density at radius 1 is 0.882 bits per heavy atom. The molecule has 1 aromatic carbocycles. The molecule has 0 N–H and O–H groups in total. The summed E-state index contributed by atoms with van der Waals surface area (Å²) >= 11 is 13.2. The summed E-state index contributed by atoms with van der Waals surface area (Å²) in [6.07, 6.45) is 0. The van der Waals surface area contributed by atoms with Crippen LogP contribution >= 0.6 is 34.5 Å². The van der Waals surface area contributed by atoms with Crippen LogP contribution in [-0.2, 0) is 0 Å². The first-order valence-corrected chi connectivity index (χ1v) is 6.39. The number of ketones is 2. The van der Waals surface area contributed by atoms with Crippen molar-refractivity contribution in [1.82, 2.24) is 0 Å². The standard InChI is InChI=1S/C12H4Cl2O2S/c13-6-1-2-7(14)9-8(6)10(15)5-3-4-17-12(5)11(9)16/h1-4H. The molecule has 1 aliphatic carbocycles. The second-order valence-electron chi connectivity index (χ2n) is 3.60. The predicted octanol–water partition coefficient (Wildman–Crippen LogP) is 3.83. The predicted molar refractivity (Wildman–Crippen MR) is 67.6 cm³/mol. The Labute approximate surface area is 111 Å². The lowest BCUT2D eigenvalue weighted by Crippen LogP contribution is -2.19. The van der Waals surface area contributed by atoms with Gasteiger partial charge in [0.25, 0.3) is 0 Å². The number of halogens is 2. The van der Waals surface area contributed by atoms with Crippen LogP contribution in [0, 0.1) is 0 Å². The largest absolute Gasteiger partial charge is 0.288 e. The molecule has 0 spiro atoms. The van der Waals surface area contributed by atoms with E-state index in [1.165, 1.54) is 23.5 Å². The first-order valence-electron chi connectivity index (χ1n) is 4.76. The lowest BCUT2D eigenvalue weighted by atomic mass is 9.89. The van der Waals surface area contributed by atoms with Gasteiger partial charge < -0.3 is 0 Å². The highest BCUT2D eigenvalue weighted by Gasteiger charge is 2.34. The van der Waals surface area contributed by atoms with Gasteiger partial charge in [0.1, 0.15) is 0 Å². The molecule has 1 heterocycles. The van der Waals surface area contributed by atoms with Gasteiger partial charge in [-0.25, -0.2) is 0 Å². The van der Waals surface area contributed by atoms with Crippen LogP contribution in [0.1, 0.15) is 31.2 Å². The molecule has 84 valence electrons. The van der Waals surface area contributed by atoms with Crippen LogP contribution in [0.25, 0.3) is 0 Å². The monoisotopic (exact) mass is 282 g/mol. The van der Waals surface area contributed by atoms with Gasteiger partial charge in [-0.1, -0.05) is 23.2 Å². The van der Waals surface area contributed by atoms with Crippen LogP contribution in [0.2, 0.25) is 10.0 Å². The molecule has 1 aromatic heterocycles. The van der Waals surface area contributed by atoms with E-state index in [1.54, 1.807) is 11.4 Å². The Morgan fingerprint density at radius 3 is 2.12 bits per heavy atom. The number of hydrogen-bond acceptors (Lipinski definition) is 3. The highest BCUT2D eigenvalue weighted by atomic mass is 35.5. The van der Waals surface area contributed by atoms with Crippen molar-refractivity contribution in [2.45, 2.75) is 0 Å². The number of thiophene rings is 1. The number of hydrogen-bond donors (Lipinski definition) is 0. The Kier molecular flexibility index (Phi) is 2.36. The van der Waals surface area contributed by atoms with E-state index >= 15 is 0 Å². The number of carbonyl (C=O) groups excluding carboxylic acids is 2. The van der Waals surface area contributed by atoms with E-state index in [2.05, 4.69) is 0 Å². The summed E-state index contributed by atoms with van der Waals surface area (Å²) in [6.45, 7) is 0. The van der Waals surface area contributed by atoms with Gasteiger partial charge in [-0.3, -0.25) is 9.59 Å². The van der Waals surface area contributed by atoms with Crippen molar-refractivity contribution in [3.05, 3.63) is 55.2 Å². The smallest absolute Gasteiger partial charge is 0.205 e. The molecule has 17 heavy (non-hydrogen) atoms. The fraction of sp³-hybridized carbons (Fsp3) is 0. The quantitative estimate of drug-likeness (QED) is 0.628. The molecule has 0 amide bonds. The second-order valence-corrected chi connectivity index (χ2v) is 5.33. The van der Waals surface area contributed by atoms with Gasteiger partial charge >= 0.3 is 0 Å². The van der Waals surface area contributed by atoms with Crippen LogP contribution in [0.3, 0.4) is 0 Å². The number of benzene rings is 1. The Morgan fingerprint density at radius 2 is 1.47 bits per heavy atom. The molecule has 1 aliphatic rings. The van der Waals surface area contributed by atoms with Crippen LogP contribution in [-0.4, -0.2) is 11.6 Å². The van der Waals surface area contributed by atoms with Gasteiger partial charge in [-0.15, -0.1) is 11.3 Å². The van der Waals surface area contributed by atoms with Crippen molar-refractivity contribution < 1.29 is 9.59 Å². The van der Waals surface area contributed by atoms with Gasteiger partial charge in [-0.05, 0) is 23.6 Å². The molecule has 2 aromatic rings. The molecular weight excluding hydrogens is 279 g/mol. The van der Waals surface area contributed by atoms with E-state index in [1.807, 2.05) is 0 Å². The minimum Gasteiger partial charge on any atom is -0.288 e. The zero-order valence-corrected chi connectivity index (χ0v) is 10.6. The van der Waals surface area contributed by atoms with E-state index in [-0.39, 0.29) is 32.7 Å². The van der Waals surface area contributed by atoms with Crippen LogP contribution in [0.15, 0.2) is 23.6 Å². The lowest BCUT2D eigenvalue weighted by molar-refractivity contribution is 0.0982. The molecule has 0 aliphatic heterocycles. The third-order valence-corrected chi connectivity index (χ3v) is 4.22. The molecule has 0 saturated heterocycles. The Hall–Kier alpha value is -1.16. The number of fused-ring (bicyclic) bond motifs is 2. The zero-order valence-electron chi connectivity index (χ0n) is 8.29. The van der Waals surface area contributed by atoms with Gasteiger partial charge in [0.05, 0.1) is 26.0 Å². The minimum atomic E-state index is -0.233. The maximum absolute atomic E-state index is 12.2. The average molecular weight is 283 g/mol. The first-order chi connectivity index (χ1) is 8.11. The SMILES string of the molecule is O=C1c2ccsc2C(=O)c2c(Cl)ccc(Cl)c21. The highest BCUT2D eigenvalue weighted by Crippen LogP contribution is 2.37. The maximum atomic E-state index is 12.2. The van der Waals surface area contributed by atoms with E-state index < -0.39 is 0 Å². The summed E-state index contributed by atoms with van der Waals surface area (Å²) in [5.41, 5.74) is 0.853. The highest BCUT2D eigenvalue weighted by molar-refractivity contribution is 7.13. The van der Waals surface area contributed by atoms with Crippen molar-refractivity contribution in [2.75, 3.05) is 0 Å².